The van der Waals surface area contributed by atoms with Crippen molar-refractivity contribution in [1.29, 1.82) is 0 Å². The summed E-state index contributed by atoms with van der Waals surface area (Å²) in [5.41, 5.74) is 2.02. The fourth-order valence-electron chi connectivity index (χ4n) is 3.87. The number of allylic oxidation sites excluding steroid dienone is 1. The molecule has 1 nitrogen and oxygen atoms in total. The molecule has 1 aliphatic carbocycles. The summed E-state index contributed by atoms with van der Waals surface area (Å²) in [4.78, 5) is 2.45. The normalized spacial score (nSPS) is 18.3. The minimum absolute atomic E-state index is 0.269. The van der Waals surface area contributed by atoms with Crippen molar-refractivity contribution in [3.8, 4) is 0 Å². The third-order valence-corrected chi connectivity index (χ3v) is 12.8. The van der Waals surface area contributed by atoms with Gasteiger partial charge in [0.25, 0.3) is 0 Å². The van der Waals surface area contributed by atoms with Gasteiger partial charge in [0.05, 0.1) is 0 Å². The molecule has 0 aromatic heterocycles. The van der Waals surface area contributed by atoms with Crippen LogP contribution in [0.1, 0.15) is 46.5 Å². The van der Waals surface area contributed by atoms with Gasteiger partial charge in [-0.2, -0.15) is 0 Å². The van der Waals surface area contributed by atoms with E-state index in [0.717, 1.165) is 21.6 Å². The number of hydrogen-bond donors (Lipinski definition) is 0. The van der Waals surface area contributed by atoms with E-state index in [1.165, 1.54) is 25.7 Å². The summed E-state index contributed by atoms with van der Waals surface area (Å²) < 4.78 is 14.0. The summed E-state index contributed by atoms with van der Waals surface area (Å²) in [5, 5.41) is 2.76. The van der Waals surface area contributed by atoms with Crippen LogP contribution in [-0.2, 0) is 4.57 Å². The first kappa shape index (κ1) is 20.7. The second kappa shape index (κ2) is 8.95. The van der Waals surface area contributed by atoms with E-state index in [-0.39, 0.29) is 15.0 Å². The fraction of sp³-hybridized carbons (Fsp3) is 0.417. The average Bonchev–Trinajstić information content (AvgIpc) is 2.69. The van der Waals surface area contributed by atoms with Crippen molar-refractivity contribution in [2.24, 2.45) is 11.3 Å². The van der Waals surface area contributed by atoms with Crippen molar-refractivity contribution in [2.45, 2.75) is 46.5 Å². The van der Waals surface area contributed by atoms with Crippen molar-refractivity contribution >= 4 is 32.7 Å². The Morgan fingerprint density at radius 3 is 1.85 bits per heavy atom. The Kier molecular flexibility index (Phi) is 6.85. The molecule has 0 bridgehead atoms. The van der Waals surface area contributed by atoms with Crippen LogP contribution in [0.2, 0.25) is 0 Å². The van der Waals surface area contributed by atoms with Crippen LogP contribution in [0.25, 0.3) is 0 Å². The third kappa shape index (κ3) is 5.26. The number of benzene rings is 2. The van der Waals surface area contributed by atoms with Gasteiger partial charge in [0.15, 0.2) is 0 Å². The molecule has 2 aromatic rings. The zero-order valence-electron chi connectivity index (χ0n) is 16.7. The van der Waals surface area contributed by atoms with Crippen LogP contribution >= 0.6 is 7.14 Å². The van der Waals surface area contributed by atoms with Crippen molar-refractivity contribution < 1.29 is 4.57 Å². The zero-order valence-corrected chi connectivity index (χ0v) is 19.3. The molecule has 27 heavy (non-hydrogen) atoms. The second-order valence-electron chi connectivity index (χ2n) is 8.62. The molecule has 0 amide bonds. The molecule has 2 aromatic carbocycles. The minimum atomic E-state index is -2.55. The van der Waals surface area contributed by atoms with Crippen molar-refractivity contribution in [2.75, 3.05) is 5.06 Å². The second-order valence-corrected chi connectivity index (χ2v) is 14.2. The molecule has 0 radical (unpaired) electrons. The van der Waals surface area contributed by atoms with Gasteiger partial charge in [-0.1, -0.05) is 0 Å². The van der Waals surface area contributed by atoms with E-state index in [0.29, 0.717) is 5.41 Å². The molecule has 0 heterocycles. The van der Waals surface area contributed by atoms with Crippen LogP contribution in [0.5, 0.6) is 0 Å². The first-order valence-electron chi connectivity index (χ1n) is 9.89. The molecule has 0 saturated heterocycles. The van der Waals surface area contributed by atoms with Crippen molar-refractivity contribution in [3.05, 3.63) is 71.2 Å². The Hall–Kier alpha value is -1.07. The Labute approximate surface area is 171 Å². The van der Waals surface area contributed by atoms with Gasteiger partial charge in [0, 0.05) is 0 Å². The molecule has 144 valence electrons. The summed E-state index contributed by atoms with van der Waals surface area (Å²) in [6.45, 7) is 7.10. The summed E-state index contributed by atoms with van der Waals surface area (Å²) in [7, 11) is -2.55. The molecule has 1 saturated carbocycles. The summed E-state index contributed by atoms with van der Waals surface area (Å²) in [5.74, 6) is 0.835. The molecular weight excluding hydrogens is 414 g/mol. The molecule has 0 spiro atoms. The van der Waals surface area contributed by atoms with Crippen LogP contribution in [0.15, 0.2) is 71.2 Å². The molecule has 0 N–H and O–H groups in total. The molecule has 1 fully saturated rings. The van der Waals surface area contributed by atoms with E-state index in [9.17, 15) is 4.57 Å². The Balaban J connectivity index is 1.71. The summed E-state index contributed by atoms with van der Waals surface area (Å²) >= 11 is 0.269. The van der Waals surface area contributed by atoms with E-state index in [1.807, 2.05) is 60.7 Å². The predicted molar refractivity (Wildman–Crippen MR) is 120 cm³/mol. The van der Waals surface area contributed by atoms with Gasteiger partial charge >= 0.3 is 171 Å². The van der Waals surface area contributed by atoms with Gasteiger partial charge in [-0.3, -0.25) is 0 Å². The SMILES string of the molecule is CC(C)(C)C1CCC(=C[Se]CP(=O)(c2ccccc2)c2ccccc2)CC1. The maximum absolute atomic E-state index is 14.0. The predicted octanol–water partition coefficient (Wildman–Crippen LogP) is 5.78. The Bertz CT molecular complexity index is 752. The molecule has 0 atom stereocenters. The van der Waals surface area contributed by atoms with Gasteiger partial charge in [-0.05, 0) is 0 Å². The molecule has 1 aliphatic rings. The van der Waals surface area contributed by atoms with E-state index in [1.54, 1.807) is 5.57 Å². The standard InChI is InChI=1S/C24H31OPSe/c1-24(2,3)21-16-14-20(15-17-21)18-27-19-26(25,22-10-6-4-7-11-22)23-12-8-5-9-13-23/h4-13,18,21H,14-17,19H2,1-3H3. The van der Waals surface area contributed by atoms with Gasteiger partial charge in [0.2, 0.25) is 0 Å². The monoisotopic (exact) mass is 446 g/mol. The fourth-order valence-corrected chi connectivity index (χ4v) is 10.7. The van der Waals surface area contributed by atoms with Gasteiger partial charge in [-0.15, -0.1) is 0 Å². The van der Waals surface area contributed by atoms with Crippen molar-refractivity contribution in [1.82, 2.24) is 0 Å². The van der Waals surface area contributed by atoms with Crippen molar-refractivity contribution in [3.63, 3.8) is 0 Å². The van der Waals surface area contributed by atoms with E-state index >= 15 is 0 Å². The molecular formula is C24H31OPSe. The van der Waals surface area contributed by atoms with Crippen LogP contribution in [0, 0.1) is 11.3 Å². The summed E-state index contributed by atoms with van der Waals surface area (Å²) in [6.07, 6.45) is 5.07. The van der Waals surface area contributed by atoms with Crippen LogP contribution in [0.4, 0.5) is 0 Å². The van der Waals surface area contributed by atoms with Crippen LogP contribution in [-0.4, -0.2) is 20.0 Å². The van der Waals surface area contributed by atoms with Gasteiger partial charge < -0.3 is 0 Å². The third-order valence-electron chi connectivity index (χ3n) is 5.71. The van der Waals surface area contributed by atoms with E-state index in [2.05, 4.69) is 25.7 Å². The average molecular weight is 445 g/mol. The van der Waals surface area contributed by atoms with Gasteiger partial charge in [0.1, 0.15) is 0 Å². The zero-order chi connectivity index (χ0) is 19.3. The first-order valence-corrected chi connectivity index (χ1v) is 14.0. The van der Waals surface area contributed by atoms with E-state index in [4.69, 9.17) is 0 Å². The molecule has 3 heteroatoms. The van der Waals surface area contributed by atoms with E-state index < -0.39 is 7.14 Å². The Morgan fingerprint density at radius 2 is 1.41 bits per heavy atom. The molecule has 3 rings (SSSR count). The number of rotatable bonds is 5. The van der Waals surface area contributed by atoms with Gasteiger partial charge in [-0.25, -0.2) is 0 Å². The Morgan fingerprint density at radius 1 is 0.926 bits per heavy atom. The number of hydrogen-bond acceptors (Lipinski definition) is 1. The molecule has 0 unspecified atom stereocenters. The summed E-state index contributed by atoms with van der Waals surface area (Å²) in [6, 6.07) is 20.1. The quantitative estimate of drug-likeness (QED) is 0.421. The molecule has 0 aliphatic heterocycles. The maximum atomic E-state index is 14.0. The first-order chi connectivity index (χ1) is 12.9. The van der Waals surface area contributed by atoms with Crippen LogP contribution in [0.3, 0.4) is 0 Å². The van der Waals surface area contributed by atoms with Crippen LogP contribution < -0.4 is 10.6 Å². The topological polar surface area (TPSA) is 17.1 Å².